The summed E-state index contributed by atoms with van der Waals surface area (Å²) in [5, 5.41) is 0. The molecule has 0 saturated heterocycles. The average molecular weight is 364 g/mol. The number of rotatable bonds is 3. The van der Waals surface area contributed by atoms with Crippen LogP contribution >= 0.6 is 15.9 Å². The summed E-state index contributed by atoms with van der Waals surface area (Å²) in [5.41, 5.74) is 4.48. The molecule has 2 rings (SSSR count). The molecule has 0 bridgehead atoms. The van der Waals surface area contributed by atoms with Crippen molar-refractivity contribution < 1.29 is 22.3 Å². The molecule has 0 spiro atoms. The Morgan fingerprint density at radius 2 is 1.67 bits per heavy atom. The van der Waals surface area contributed by atoms with Gasteiger partial charge in [0, 0.05) is 6.54 Å². The molecule has 0 unspecified atom stereocenters. The summed E-state index contributed by atoms with van der Waals surface area (Å²) in [6.07, 6.45) is -4.47. The van der Waals surface area contributed by atoms with E-state index >= 15 is 0 Å². The topological polar surface area (TPSA) is 35.2 Å². The average Bonchev–Trinajstić information content (AvgIpc) is 2.41. The van der Waals surface area contributed by atoms with Crippen LogP contribution in [0.4, 0.5) is 17.6 Å². The third-order valence-corrected chi connectivity index (χ3v) is 3.34. The van der Waals surface area contributed by atoms with Gasteiger partial charge < -0.3 is 10.5 Å². The summed E-state index contributed by atoms with van der Waals surface area (Å²) in [4.78, 5) is 0. The molecule has 0 atom stereocenters. The van der Waals surface area contributed by atoms with Gasteiger partial charge in [-0.1, -0.05) is 0 Å². The normalized spacial score (nSPS) is 11.5. The Hall–Kier alpha value is -1.60. The number of halogens is 5. The van der Waals surface area contributed by atoms with Crippen LogP contribution in [0.5, 0.6) is 11.5 Å². The minimum absolute atomic E-state index is 0.0684. The van der Waals surface area contributed by atoms with Crippen LogP contribution in [0, 0.1) is 5.82 Å². The molecule has 0 heterocycles. The molecule has 0 aromatic heterocycles. The second-order valence-corrected chi connectivity index (χ2v) is 5.05. The van der Waals surface area contributed by atoms with Gasteiger partial charge in [-0.15, -0.1) is 0 Å². The first-order valence-corrected chi connectivity index (χ1v) is 6.63. The summed E-state index contributed by atoms with van der Waals surface area (Å²) >= 11 is 3.00. The van der Waals surface area contributed by atoms with Gasteiger partial charge in [-0.2, -0.15) is 13.2 Å². The predicted molar refractivity (Wildman–Crippen MR) is 73.5 cm³/mol. The Balaban J connectivity index is 2.31. The van der Waals surface area contributed by atoms with Gasteiger partial charge in [0.2, 0.25) is 0 Å². The van der Waals surface area contributed by atoms with Crippen LogP contribution in [0.15, 0.2) is 40.9 Å². The molecule has 2 aromatic rings. The quantitative estimate of drug-likeness (QED) is 0.790. The van der Waals surface area contributed by atoms with E-state index in [1.54, 1.807) is 0 Å². The SMILES string of the molecule is NCc1cc(Oc2ccc(F)c(Br)c2)ccc1C(F)(F)F. The third kappa shape index (κ3) is 3.74. The first kappa shape index (κ1) is 15.8. The molecule has 0 aliphatic rings. The first-order chi connectivity index (χ1) is 9.81. The van der Waals surface area contributed by atoms with Crippen LogP contribution in [0.1, 0.15) is 11.1 Å². The molecule has 2 aromatic carbocycles. The van der Waals surface area contributed by atoms with Crippen molar-refractivity contribution in [3.05, 3.63) is 57.8 Å². The van der Waals surface area contributed by atoms with Gasteiger partial charge in [0.25, 0.3) is 0 Å². The molecule has 21 heavy (non-hydrogen) atoms. The van der Waals surface area contributed by atoms with Crippen LogP contribution in [-0.4, -0.2) is 0 Å². The van der Waals surface area contributed by atoms with Gasteiger partial charge in [0.05, 0.1) is 10.0 Å². The van der Waals surface area contributed by atoms with E-state index in [4.69, 9.17) is 10.5 Å². The van der Waals surface area contributed by atoms with E-state index in [-0.39, 0.29) is 22.3 Å². The predicted octanol–water partition coefficient (Wildman–Crippen LogP) is 4.86. The van der Waals surface area contributed by atoms with Gasteiger partial charge in [0.1, 0.15) is 17.3 Å². The zero-order valence-corrected chi connectivity index (χ0v) is 12.1. The van der Waals surface area contributed by atoms with Crippen LogP contribution < -0.4 is 10.5 Å². The maximum Gasteiger partial charge on any atom is 0.416 e. The van der Waals surface area contributed by atoms with Crippen LogP contribution in [-0.2, 0) is 12.7 Å². The number of benzene rings is 2. The Bertz CT molecular complexity index is 658. The van der Waals surface area contributed by atoms with Crippen molar-refractivity contribution in [1.82, 2.24) is 0 Å². The van der Waals surface area contributed by atoms with Gasteiger partial charge in [0.15, 0.2) is 0 Å². The van der Waals surface area contributed by atoms with Crippen molar-refractivity contribution in [2.45, 2.75) is 12.7 Å². The summed E-state index contributed by atoms with van der Waals surface area (Å²) < 4.78 is 56.9. The Kier molecular flexibility index (Phi) is 4.53. The Morgan fingerprint density at radius 3 is 2.24 bits per heavy atom. The highest BCUT2D eigenvalue weighted by molar-refractivity contribution is 9.10. The maximum absolute atomic E-state index is 13.1. The number of ether oxygens (including phenoxy) is 1. The minimum Gasteiger partial charge on any atom is -0.457 e. The number of nitrogens with two attached hydrogens (primary N) is 1. The van der Waals surface area contributed by atoms with Gasteiger partial charge in [-0.25, -0.2) is 4.39 Å². The smallest absolute Gasteiger partial charge is 0.416 e. The van der Waals surface area contributed by atoms with E-state index in [0.717, 1.165) is 6.07 Å². The van der Waals surface area contributed by atoms with E-state index in [9.17, 15) is 17.6 Å². The van der Waals surface area contributed by atoms with Crippen LogP contribution in [0.2, 0.25) is 0 Å². The molecule has 0 fully saturated rings. The molecule has 2 nitrogen and oxygen atoms in total. The molecule has 7 heteroatoms. The highest BCUT2D eigenvalue weighted by atomic mass is 79.9. The molecular formula is C14H10BrF4NO. The lowest BCUT2D eigenvalue weighted by Gasteiger charge is -2.14. The van der Waals surface area contributed by atoms with Crippen molar-refractivity contribution in [1.29, 1.82) is 0 Å². The lowest BCUT2D eigenvalue weighted by atomic mass is 10.1. The molecule has 0 saturated carbocycles. The van der Waals surface area contributed by atoms with E-state index in [0.29, 0.717) is 5.75 Å². The van der Waals surface area contributed by atoms with Crippen LogP contribution in [0.25, 0.3) is 0 Å². The van der Waals surface area contributed by atoms with E-state index in [1.165, 1.54) is 30.3 Å². The fourth-order valence-corrected chi connectivity index (χ4v) is 2.11. The molecule has 112 valence electrons. The maximum atomic E-state index is 13.1. The third-order valence-electron chi connectivity index (χ3n) is 2.73. The highest BCUT2D eigenvalue weighted by Crippen LogP contribution is 2.35. The summed E-state index contributed by atoms with van der Waals surface area (Å²) in [7, 11) is 0. The molecule has 2 N–H and O–H groups in total. The lowest BCUT2D eigenvalue weighted by Crippen LogP contribution is -2.11. The second-order valence-electron chi connectivity index (χ2n) is 4.20. The summed E-state index contributed by atoms with van der Waals surface area (Å²) in [6.45, 7) is -0.265. The number of alkyl halides is 3. The number of hydrogen-bond acceptors (Lipinski definition) is 2. The molecule has 0 aliphatic heterocycles. The summed E-state index contributed by atoms with van der Waals surface area (Å²) in [6, 6.07) is 7.28. The molecule has 0 radical (unpaired) electrons. The largest absolute Gasteiger partial charge is 0.457 e. The van der Waals surface area contributed by atoms with Crippen molar-refractivity contribution in [3.63, 3.8) is 0 Å². The highest BCUT2D eigenvalue weighted by Gasteiger charge is 2.33. The second kappa shape index (κ2) is 6.03. The van der Waals surface area contributed by atoms with Gasteiger partial charge >= 0.3 is 6.18 Å². The zero-order valence-electron chi connectivity index (χ0n) is 10.5. The van der Waals surface area contributed by atoms with Crippen molar-refractivity contribution >= 4 is 15.9 Å². The molecule has 0 aliphatic carbocycles. The Labute approximate surface area is 126 Å². The van der Waals surface area contributed by atoms with Crippen LogP contribution in [0.3, 0.4) is 0 Å². The fraction of sp³-hybridized carbons (Fsp3) is 0.143. The van der Waals surface area contributed by atoms with Crippen molar-refractivity contribution in [2.75, 3.05) is 0 Å². The van der Waals surface area contributed by atoms with Gasteiger partial charge in [-0.05, 0) is 57.9 Å². The standard InChI is InChI=1S/C14H10BrF4NO/c15-12-6-10(2-4-13(12)16)21-9-1-3-11(14(17,18)19)8(5-9)7-20/h1-6H,7,20H2. The molecule has 0 amide bonds. The van der Waals surface area contributed by atoms with Crippen molar-refractivity contribution in [2.24, 2.45) is 5.73 Å². The van der Waals surface area contributed by atoms with Crippen molar-refractivity contribution in [3.8, 4) is 11.5 Å². The van der Waals surface area contributed by atoms with E-state index < -0.39 is 17.6 Å². The van der Waals surface area contributed by atoms with E-state index in [1.807, 2.05) is 0 Å². The van der Waals surface area contributed by atoms with E-state index in [2.05, 4.69) is 15.9 Å². The number of hydrogen-bond donors (Lipinski definition) is 1. The monoisotopic (exact) mass is 363 g/mol. The first-order valence-electron chi connectivity index (χ1n) is 5.84. The zero-order chi connectivity index (χ0) is 15.6. The van der Waals surface area contributed by atoms with Gasteiger partial charge in [-0.3, -0.25) is 0 Å². The lowest BCUT2D eigenvalue weighted by molar-refractivity contribution is -0.138. The fourth-order valence-electron chi connectivity index (χ4n) is 1.76. The summed E-state index contributed by atoms with van der Waals surface area (Å²) in [5.74, 6) is 0.0328. The Morgan fingerprint density at radius 1 is 1.05 bits per heavy atom. The minimum atomic E-state index is -4.47. The molecular weight excluding hydrogens is 354 g/mol.